The molecule has 0 amide bonds. The van der Waals surface area contributed by atoms with E-state index >= 15 is 0 Å². The molecule has 1 rings (SSSR count). The molecule has 3 nitrogen and oxygen atoms in total. The molecule has 0 aliphatic carbocycles. The van der Waals surface area contributed by atoms with Gasteiger partial charge in [-0.2, -0.15) is 0 Å². The third-order valence-corrected chi connectivity index (χ3v) is 1.41. The highest BCUT2D eigenvalue weighted by atomic mass is 16.5. The molecule has 11 heavy (non-hydrogen) atoms. The SMILES string of the molecule is CCOCc1ccncc1N. The topological polar surface area (TPSA) is 48.1 Å². The van der Waals surface area contributed by atoms with E-state index in [2.05, 4.69) is 4.98 Å². The number of aromatic nitrogens is 1. The molecule has 1 heterocycles. The van der Waals surface area contributed by atoms with E-state index in [1.807, 2.05) is 13.0 Å². The van der Waals surface area contributed by atoms with Crippen molar-refractivity contribution in [2.75, 3.05) is 12.3 Å². The van der Waals surface area contributed by atoms with E-state index in [1.165, 1.54) is 0 Å². The Morgan fingerprint density at radius 1 is 1.64 bits per heavy atom. The summed E-state index contributed by atoms with van der Waals surface area (Å²) in [6.45, 7) is 3.24. The monoisotopic (exact) mass is 152 g/mol. The quantitative estimate of drug-likeness (QED) is 0.708. The second-order valence-electron chi connectivity index (χ2n) is 2.21. The predicted octanol–water partition coefficient (Wildman–Crippen LogP) is 1.20. The summed E-state index contributed by atoms with van der Waals surface area (Å²) in [5.74, 6) is 0. The number of nitrogen functional groups attached to an aromatic ring is 1. The molecule has 2 N–H and O–H groups in total. The van der Waals surface area contributed by atoms with Gasteiger partial charge in [0.05, 0.1) is 18.5 Å². The van der Waals surface area contributed by atoms with Gasteiger partial charge in [-0.15, -0.1) is 0 Å². The highest BCUT2D eigenvalue weighted by molar-refractivity contribution is 5.43. The third kappa shape index (κ3) is 2.20. The van der Waals surface area contributed by atoms with E-state index in [0.29, 0.717) is 18.9 Å². The van der Waals surface area contributed by atoms with Crippen LogP contribution in [0.4, 0.5) is 5.69 Å². The van der Waals surface area contributed by atoms with Crippen LogP contribution in [0.5, 0.6) is 0 Å². The Labute approximate surface area is 66.2 Å². The van der Waals surface area contributed by atoms with Crippen molar-refractivity contribution in [2.45, 2.75) is 13.5 Å². The normalized spacial score (nSPS) is 9.91. The van der Waals surface area contributed by atoms with Crippen LogP contribution in [-0.4, -0.2) is 11.6 Å². The van der Waals surface area contributed by atoms with Crippen LogP contribution < -0.4 is 5.73 Å². The van der Waals surface area contributed by atoms with Crippen LogP contribution in [-0.2, 0) is 11.3 Å². The van der Waals surface area contributed by atoms with Crippen LogP contribution in [0.3, 0.4) is 0 Å². The summed E-state index contributed by atoms with van der Waals surface area (Å²) in [4.78, 5) is 3.87. The minimum absolute atomic E-state index is 0.574. The first-order valence-electron chi connectivity index (χ1n) is 3.60. The van der Waals surface area contributed by atoms with Crippen molar-refractivity contribution in [3.05, 3.63) is 24.0 Å². The minimum atomic E-state index is 0.574. The van der Waals surface area contributed by atoms with Gasteiger partial charge in [-0.1, -0.05) is 0 Å². The maximum atomic E-state index is 5.62. The number of rotatable bonds is 3. The van der Waals surface area contributed by atoms with E-state index < -0.39 is 0 Å². The second kappa shape index (κ2) is 3.93. The average Bonchev–Trinajstić information content (AvgIpc) is 2.03. The minimum Gasteiger partial charge on any atom is -0.397 e. The van der Waals surface area contributed by atoms with Crippen LogP contribution in [0, 0.1) is 0 Å². The summed E-state index contributed by atoms with van der Waals surface area (Å²) in [5.41, 5.74) is 7.32. The van der Waals surface area contributed by atoms with Gasteiger partial charge in [-0.3, -0.25) is 4.98 Å². The predicted molar refractivity (Wildman–Crippen MR) is 44.0 cm³/mol. The Morgan fingerprint density at radius 3 is 3.09 bits per heavy atom. The number of nitrogens with zero attached hydrogens (tertiary/aromatic N) is 1. The Bertz CT molecular complexity index is 225. The third-order valence-electron chi connectivity index (χ3n) is 1.41. The maximum absolute atomic E-state index is 5.62. The van der Waals surface area contributed by atoms with Crippen LogP contribution in [0.15, 0.2) is 18.5 Å². The van der Waals surface area contributed by atoms with Crippen LogP contribution in [0.25, 0.3) is 0 Å². The van der Waals surface area contributed by atoms with E-state index in [1.54, 1.807) is 12.4 Å². The summed E-state index contributed by atoms with van der Waals surface area (Å²) in [7, 11) is 0. The number of pyridine rings is 1. The average molecular weight is 152 g/mol. The second-order valence-corrected chi connectivity index (χ2v) is 2.21. The van der Waals surface area contributed by atoms with Gasteiger partial charge in [-0.25, -0.2) is 0 Å². The lowest BCUT2D eigenvalue weighted by Crippen LogP contribution is -1.97. The molecule has 1 aromatic heterocycles. The standard InChI is InChI=1S/C8H12N2O/c1-2-11-6-7-3-4-10-5-8(7)9/h3-5H,2,6,9H2,1H3. The zero-order chi connectivity index (χ0) is 8.10. The summed E-state index contributed by atoms with van der Waals surface area (Å²) < 4.78 is 5.19. The Kier molecular flexibility index (Phi) is 2.86. The Balaban J connectivity index is 2.62. The van der Waals surface area contributed by atoms with Gasteiger partial charge in [0.1, 0.15) is 0 Å². The highest BCUT2D eigenvalue weighted by Gasteiger charge is 1.95. The van der Waals surface area contributed by atoms with E-state index in [-0.39, 0.29) is 0 Å². The van der Waals surface area contributed by atoms with Crippen molar-refractivity contribution < 1.29 is 4.74 Å². The lowest BCUT2D eigenvalue weighted by Gasteiger charge is -2.03. The van der Waals surface area contributed by atoms with Crippen molar-refractivity contribution in [1.29, 1.82) is 0 Å². The first kappa shape index (κ1) is 8.01. The number of ether oxygens (including phenoxy) is 1. The lowest BCUT2D eigenvalue weighted by molar-refractivity contribution is 0.134. The molecular formula is C8H12N2O. The van der Waals surface area contributed by atoms with Crippen LogP contribution in [0.1, 0.15) is 12.5 Å². The first-order chi connectivity index (χ1) is 5.34. The zero-order valence-corrected chi connectivity index (χ0v) is 6.58. The smallest absolute Gasteiger partial charge is 0.0737 e. The molecule has 1 aromatic rings. The van der Waals surface area contributed by atoms with Gasteiger partial charge >= 0.3 is 0 Å². The molecule has 0 fully saturated rings. The Hall–Kier alpha value is -1.09. The van der Waals surface area contributed by atoms with E-state index in [4.69, 9.17) is 10.5 Å². The maximum Gasteiger partial charge on any atom is 0.0737 e. The molecule has 0 atom stereocenters. The fraction of sp³-hybridized carbons (Fsp3) is 0.375. The summed E-state index contributed by atoms with van der Waals surface area (Å²) in [6.07, 6.45) is 3.35. The highest BCUT2D eigenvalue weighted by Crippen LogP contribution is 2.09. The van der Waals surface area contributed by atoms with Crippen molar-refractivity contribution in [3.63, 3.8) is 0 Å². The Morgan fingerprint density at radius 2 is 2.45 bits per heavy atom. The lowest BCUT2D eigenvalue weighted by atomic mass is 10.2. The molecule has 0 bridgehead atoms. The first-order valence-corrected chi connectivity index (χ1v) is 3.60. The van der Waals surface area contributed by atoms with Gasteiger partial charge in [0.25, 0.3) is 0 Å². The number of anilines is 1. The van der Waals surface area contributed by atoms with Gasteiger partial charge in [0, 0.05) is 18.4 Å². The van der Waals surface area contributed by atoms with E-state index in [9.17, 15) is 0 Å². The van der Waals surface area contributed by atoms with Crippen LogP contribution in [0.2, 0.25) is 0 Å². The molecule has 0 aromatic carbocycles. The molecule has 0 radical (unpaired) electrons. The van der Waals surface area contributed by atoms with Crippen molar-refractivity contribution >= 4 is 5.69 Å². The summed E-state index contributed by atoms with van der Waals surface area (Å²) in [5, 5.41) is 0. The zero-order valence-electron chi connectivity index (χ0n) is 6.58. The van der Waals surface area contributed by atoms with Crippen LogP contribution >= 0.6 is 0 Å². The molecule has 0 saturated carbocycles. The van der Waals surface area contributed by atoms with Gasteiger partial charge in [0.15, 0.2) is 0 Å². The van der Waals surface area contributed by atoms with Gasteiger partial charge in [-0.05, 0) is 13.0 Å². The number of nitrogens with two attached hydrogens (primary N) is 1. The largest absolute Gasteiger partial charge is 0.397 e. The molecule has 3 heteroatoms. The van der Waals surface area contributed by atoms with Gasteiger partial charge < -0.3 is 10.5 Å². The van der Waals surface area contributed by atoms with E-state index in [0.717, 1.165) is 5.56 Å². The number of hydrogen-bond donors (Lipinski definition) is 1. The molecule has 0 unspecified atom stereocenters. The molecule has 60 valence electrons. The van der Waals surface area contributed by atoms with Gasteiger partial charge in [0.2, 0.25) is 0 Å². The molecular weight excluding hydrogens is 140 g/mol. The fourth-order valence-electron chi connectivity index (χ4n) is 0.779. The van der Waals surface area contributed by atoms with Crippen molar-refractivity contribution in [3.8, 4) is 0 Å². The molecule has 0 aliphatic heterocycles. The number of hydrogen-bond acceptors (Lipinski definition) is 3. The summed E-state index contributed by atoms with van der Waals surface area (Å²) >= 11 is 0. The van der Waals surface area contributed by atoms with Crippen molar-refractivity contribution in [2.24, 2.45) is 0 Å². The fourth-order valence-corrected chi connectivity index (χ4v) is 0.779. The van der Waals surface area contributed by atoms with Crippen molar-refractivity contribution in [1.82, 2.24) is 4.98 Å². The summed E-state index contributed by atoms with van der Waals surface area (Å²) in [6, 6.07) is 1.87. The molecule has 0 saturated heterocycles. The molecule has 0 spiro atoms. The molecule has 0 aliphatic rings.